The number of nitrogens with one attached hydrogen (secondary N) is 1. The smallest absolute Gasteiger partial charge is 0.190 e. The first kappa shape index (κ1) is 26.2. The summed E-state index contributed by atoms with van der Waals surface area (Å²) in [5, 5.41) is 3.75. The molecule has 0 saturated heterocycles. The summed E-state index contributed by atoms with van der Waals surface area (Å²) in [4.78, 5) is 0. The van der Waals surface area contributed by atoms with Crippen molar-refractivity contribution in [3.05, 3.63) is 84.1 Å². The third kappa shape index (κ3) is 8.73. The van der Waals surface area contributed by atoms with Gasteiger partial charge < -0.3 is 19.5 Å². The predicted octanol–water partition coefficient (Wildman–Crippen LogP) is 7.69. The second-order valence-electron chi connectivity index (χ2n) is 8.70. The van der Waals surface area contributed by atoms with E-state index in [2.05, 4.69) is 48.6 Å². The summed E-state index contributed by atoms with van der Waals surface area (Å²) in [6.45, 7) is 3.14. The van der Waals surface area contributed by atoms with Crippen LogP contribution in [0.3, 0.4) is 0 Å². The number of hydrogen-bond donors (Lipinski definition) is 1. The largest absolute Gasteiger partial charge is 0.497 e. The molecule has 5 heteroatoms. The molecule has 0 aromatic heterocycles. The van der Waals surface area contributed by atoms with E-state index in [0.29, 0.717) is 6.04 Å². The molecule has 0 fully saturated rings. The average Bonchev–Trinajstić information content (AvgIpc) is 2.88. The molecular formula is C29H38ClNO3. The molecule has 0 radical (unpaired) electrons. The molecule has 2 aromatic carbocycles. The average molecular weight is 484 g/mol. The lowest BCUT2D eigenvalue weighted by Gasteiger charge is -2.33. The fraction of sp³-hybridized carbons (Fsp3) is 0.448. The van der Waals surface area contributed by atoms with Gasteiger partial charge in [-0.05, 0) is 36.6 Å². The Hall–Kier alpha value is -2.43. The molecule has 34 heavy (non-hydrogen) atoms. The van der Waals surface area contributed by atoms with E-state index in [0.717, 1.165) is 30.9 Å². The van der Waals surface area contributed by atoms with Gasteiger partial charge in [0.25, 0.3) is 0 Å². The first-order chi connectivity index (χ1) is 16.7. The van der Waals surface area contributed by atoms with Crippen molar-refractivity contribution in [3.8, 4) is 11.5 Å². The highest BCUT2D eigenvalue weighted by Crippen LogP contribution is 2.38. The molecule has 0 bridgehead atoms. The van der Waals surface area contributed by atoms with Crippen molar-refractivity contribution in [2.45, 2.75) is 76.1 Å². The molecule has 0 saturated carbocycles. The maximum absolute atomic E-state index is 6.34. The Balaban J connectivity index is 0.000000396. The van der Waals surface area contributed by atoms with Gasteiger partial charge in [-0.3, -0.25) is 0 Å². The van der Waals surface area contributed by atoms with Gasteiger partial charge in [0.1, 0.15) is 17.6 Å². The molecule has 2 heterocycles. The molecule has 2 aromatic rings. The summed E-state index contributed by atoms with van der Waals surface area (Å²) in [6.07, 6.45) is 15.9. The Morgan fingerprint density at radius 2 is 1.85 bits per heavy atom. The summed E-state index contributed by atoms with van der Waals surface area (Å²) in [6, 6.07) is 17.1. The van der Waals surface area contributed by atoms with Crippen LogP contribution < -0.4 is 14.8 Å². The standard InChI is InChI=1S/C24H33NO2.C5H5ClO/c1-3-4-5-6-10-13-21-16-23(25-18-19-11-8-7-9-12-19)22-15-14-20(26-2)17-24(22)27-21;6-5-3-1-2-4-7-5/h7-9,11-12,14-15,17,21,23,25H,3-6,10,13,16,18H2,1-2H3;1-5H. The number of methoxy groups -OCH3 is 1. The summed E-state index contributed by atoms with van der Waals surface area (Å²) in [5.74, 6) is 1.84. The van der Waals surface area contributed by atoms with Crippen LogP contribution in [0.25, 0.3) is 0 Å². The summed E-state index contributed by atoms with van der Waals surface area (Å²) >= 11 is 5.46. The van der Waals surface area contributed by atoms with Gasteiger partial charge in [-0.25, -0.2) is 0 Å². The Bertz CT molecular complexity index is 900. The second-order valence-corrected chi connectivity index (χ2v) is 9.13. The molecule has 0 aliphatic carbocycles. The van der Waals surface area contributed by atoms with Crippen molar-refractivity contribution in [1.29, 1.82) is 0 Å². The summed E-state index contributed by atoms with van der Waals surface area (Å²) in [5.41, 5.74) is 2.30. The maximum Gasteiger partial charge on any atom is 0.190 e. The van der Waals surface area contributed by atoms with Crippen LogP contribution in [0, 0.1) is 0 Å². The molecule has 2 aliphatic heterocycles. The molecule has 4 rings (SSSR count). The molecular weight excluding hydrogens is 446 g/mol. The van der Waals surface area contributed by atoms with E-state index in [1.54, 1.807) is 25.5 Å². The highest BCUT2D eigenvalue weighted by Gasteiger charge is 2.28. The zero-order valence-corrected chi connectivity index (χ0v) is 21.2. The Kier molecular flexibility index (Phi) is 11.4. The molecule has 1 N–H and O–H groups in total. The first-order valence-corrected chi connectivity index (χ1v) is 12.9. The van der Waals surface area contributed by atoms with Crippen molar-refractivity contribution >= 4 is 11.6 Å². The number of fused-ring (bicyclic) bond motifs is 1. The fourth-order valence-corrected chi connectivity index (χ4v) is 4.34. The Morgan fingerprint density at radius 1 is 1.03 bits per heavy atom. The monoisotopic (exact) mass is 483 g/mol. The number of rotatable bonds is 10. The van der Waals surface area contributed by atoms with Gasteiger partial charge in [0.15, 0.2) is 5.56 Å². The van der Waals surface area contributed by atoms with Crippen molar-refractivity contribution < 1.29 is 14.2 Å². The lowest BCUT2D eigenvalue weighted by molar-refractivity contribution is 0.137. The zero-order valence-electron chi connectivity index (χ0n) is 20.4. The van der Waals surface area contributed by atoms with Gasteiger partial charge in [-0.15, -0.1) is 0 Å². The number of alkyl halides is 1. The van der Waals surface area contributed by atoms with Gasteiger partial charge in [0.2, 0.25) is 0 Å². The third-order valence-corrected chi connectivity index (χ3v) is 6.32. The maximum atomic E-state index is 6.34. The Labute approximate surface area is 210 Å². The van der Waals surface area contributed by atoms with Crippen LogP contribution in [0.5, 0.6) is 11.5 Å². The van der Waals surface area contributed by atoms with E-state index in [1.165, 1.54) is 43.2 Å². The van der Waals surface area contributed by atoms with Crippen molar-refractivity contribution in [3.63, 3.8) is 0 Å². The van der Waals surface area contributed by atoms with Crippen LogP contribution in [0.1, 0.15) is 69.0 Å². The van der Waals surface area contributed by atoms with Crippen molar-refractivity contribution in [2.24, 2.45) is 0 Å². The number of hydrogen-bond acceptors (Lipinski definition) is 4. The normalized spacial score (nSPS) is 20.4. The minimum atomic E-state index is -0.259. The topological polar surface area (TPSA) is 39.7 Å². The van der Waals surface area contributed by atoms with E-state index >= 15 is 0 Å². The fourth-order valence-electron chi connectivity index (χ4n) is 4.19. The second kappa shape index (κ2) is 14.7. The van der Waals surface area contributed by atoms with Crippen LogP contribution in [0.15, 0.2) is 73.0 Å². The van der Waals surface area contributed by atoms with E-state index in [4.69, 9.17) is 25.8 Å². The van der Waals surface area contributed by atoms with Crippen molar-refractivity contribution in [1.82, 2.24) is 5.32 Å². The number of benzene rings is 2. The molecule has 3 atom stereocenters. The SMILES string of the molecule is CCCCCCCC1CC(NCc2ccccc2)c2ccc(OC)cc2O1.ClC1C=CC=CO1. The minimum absolute atomic E-state index is 0.259. The number of ether oxygens (including phenoxy) is 3. The first-order valence-electron chi connectivity index (χ1n) is 12.4. The van der Waals surface area contributed by atoms with E-state index in [-0.39, 0.29) is 11.7 Å². The van der Waals surface area contributed by atoms with E-state index < -0.39 is 0 Å². The Morgan fingerprint density at radius 3 is 2.53 bits per heavy atom. The molecule has 4 nitrogen and oxygen atoms in total. The highest BCUT2D eigenvalue weighted by molar-refractivity contribution is 6.20. The van der Waals surface area contributed by atoms with Gasteiger partial charge in [0.05, 0.1) is 13.4 Å². The molecule has 184 valence electrons. The van der Waals surface area contributed by atoms with Crippen LogP contribution in [-0.2, 0) is 11.3 Å². The van der Waals surface area contributed by atoms with Crippen molar-refractivity contribution in [2.75, 3.05) is 7.11 Å². The van der Waals surface area contributed by atoms with Crippen LogP contribution in [0.2, 0.25) is 0 Å². The van der Waals surface area contributed by atoms with Crippen LogP contribution in [-0.4, -0.2) is 18.8 Å². The molecule has 2 aliphatic rings. The third-order valence-electron chi connectivity index (χ3n) is 6.07. The number of halogens is 1. The van der Waals surface area contributed by atoms with Crippen LogP contribution >= 0.6 is 11.6 Å². The van der Waals surface area contributed by atoms with Gasteiger partial charge in [0, 0.05) is 30.6 Å². The molecule has 0 amide bonds. The minimum Gasteiger partial charge on any atom is -0.497 e. The van der Waals surface area contributed by atoms with E-state index in [9.17, 15) is 0 Å². The summed E-state index contributed by atoms with van der Waals surface area (Å²) < 4.78 is 16.5. The molecule has 0 spiro atoms. The predicted molar refractivity (Wildman–Crippen MR) is 140 cm³/mol. The number of unbranched alkanes of at least 4 members (excludes halogenated alkanes) is 4. The van der Waals surface area contributed by atoms with Gasteiger partial charge >= 0.3 is 0 Å². The lowest BCUT2D eigenvalue weighted by Crippen LogP contribution is -2.32. The quantitative estimate of drug-likeness (QED) is 0.277. The van der Waals surface area contributed by atoms with Gasteiger partial charge in [-0.2, -0.15) is 0 Å². The lowest BCUT2D eigenvalue weighted by atomic mass is 9.93. The number of allylic oxidation sites excluding steroid dienone is 2. The summed E-state index contributed by atoms with van der Waals surface area (Å²) in [7, 11) is 1.71. The van der Waals surface area contributed by atoms with Crippen LogP contribution in [0.4, 0.5) is 0 Å². The van der Waals surface area contributed by atoms with Gasteiger partial charge in [-0.1, -0.05) is 86.7 Å². The van der Waals surface area contributed by atoms with E-state index in [1.807, 2.05) is 18.2 Å². The zero-order chi connectivity index (χ0) is 24.0. The highest BCUT2D eigenvalue weighted by atomic mass is 35.5. The molecule has 3 unspecified atom stereocenters.